The Labute approximate surface area is 161 Å². The molecule has 4 rings (SSSR count). The van der Waals surface area contributed by atoms with Gasteiger partial charge in [0.15, 0.2) is 5.65 Å². The maximum Gasteiger partial charge on any atom is 0.272 e. The first-order valence-corrected chi connectivity index (χ1v) is 10.2. The topological polar surface area (TPSA) is 83.4 Å². The Morgan fingerprint density at radius 3 is 2.81 bits per heavy atom. The van der Waals surface area contributed by atoms with Crippen molar-refractivity contribution >= 4 is 22.9 Å². The second-order valence-corrected chi connectivity index (χ2v) is 8.21. The van der Waals surface area contributed by atoms with Gasteiger partial charge in [-0.05, 0) is 39.5 Å². The number of piperidine rings is 1. The van der Waals surface area contributed by atoms with Gasteiger partial charge in [0.1, 0.15) is 4.88 Å². The van der Waals surface area contributed by atoms with Crippen molar-refractivity contribution in [1.29, 1.82) is 0 Å². The fourth-order valence-electron chi connectivity index (χ4n) is 3.77. The highest BCUT2D eigenvalue weighted by molar-refractivity contribution is 7.13. The lowest BCUT2D eigenvalue weighted by molar-refractivity contribution is 0.0610. The van der Waals surface area contributed by atoms with E-state index in [1.165, 1.54) is 15.9 Å². The molecule has 0 unspecified atom stereocenters. The zero-order valence-corrected chi connectivity index (χ0v) is 16.6. The third-order valence-corrected chi connectivity index (χ3v) is 6.17. The fourth-order valence-corrected chi connectivity index (χ4v) is 4.64. The van der Waals surface area contributed by atoms with Crippen molar-refractivity contribution in [3.8, 4) is 0 Å². The highest BCUT2D eigenvalue weighted by Crippen LogP contribution is 2.33. The van der Waals surface area contributed by atoms with Crippen molar-refractivity contribution in [3.63, 3.8) is 0 Å². The Morgan fingerprint density at radius 2 is 2.11 bits per heavy atom. The molecule has 3 aromatic rings. The van der Waals surface area contributed by atoms with Gasteiger partial charge < -0.3 is 4.90 Å². The number of rotatable bonds is 3. The number of thiazole rings is 1. The van der Waals surface area contributed by atoms with Crippen molar-refractivity contribution < 1.29 is 4.79 Å². The molecule has 8 heteroatoms. The number of aromatic nitrogens is 4. The Hall–Kier alpha value is -2.48. The molecule has 1 atom stereocenters. The average molecular weight is 385 g/mol. The van der Waals surface area contributed by atoms with Gasteiger partial charge in [0.25, 0.3) is 11.5 Å². The minimum absolute atomic E-state index is 0.0241. The molecule has 1 N–H and O–H groups in total. The number of likely N-dealkylation sites (tertiary alicyclic amines) is 1. The first kappa shape index (κ1) is 17.9. The molecule has 0 aliphatic carbocycles. The molecular formula is C19H23N5O2S. The number of carbonyl (C=O) groups excluding carboxylic acids is 1. The van der Waals surface area contributed by atoms with Gasteiger partial charge in [-0.1, -0.05) is 6.92 Å². The van der Waals surface area contributed by atoms with Crippen molar-refractivity contribution in [2.75, 3.05) is 6.54 Å². The van der Waals surface area contributed by atoms with Crippen LogP contribution in [0.4, 0.5) is 0 Å². The van der Waals surface area contributed by atoms with Gasteiger partial charge in [0.05, 0.1) is 22.4 Å². The minimum atomic E-state index is -0.120. The molecule has 0 saturated carbocycles. The first-order valence-electron chi connectivity index (χ1n) is 9.34. The summed E-state index contributed by atoms with van der Waals surface area (Å²) in [5.41, 5.74) is 2.91. The predicted molar refractivity (Wildman–Crippen MR) is 104 cm³/mol. The lowest BCUT2D eigenvalue weighted by atomic mass is 9.99. The van der Waals surface area contributed by atoms with E-state index in [2.05, 4.69) is 15.1 Å². The van der Waals surface area contributed by atoms with Gasteiger partial charge >= 0.3 is 0 Å². The molecule has 7 nitrogen and oxygen atoms in total. The molecule has 0 radical (unpaired) electrons. The molecule has 1 saturated heterocycles. The van der Waals surface area contributed by atoms with Crippen LogP contribution in [0, 0.1) is 13.8 Å². The number of nitrogens with one attached hydrogen (secondary N) is 1. The summed E-state index contributed by atoms with van der Waals surface area (Å²) in [7, 11) is 0. The number of aryl methyl sites for hydroxylation is 3. The van der Waals surface area contributed by atoms with E-state index in [9.17, 15) is 9.59 Å². The average Bonchev–Trinajstić information content (AvgIpc) is 3.24. The van der Waals surface area contributed by atoms with Gasteiger partial charge in [-0.25, -0.2) is 14.5 Å². The van der Waals surface area contributed by atoms with Crippen LogP contribution in [0.3, 0.4) is 0 Å². The normalized spacial score (nSPS) is 17.6. The van der Waals surface area contributed by atoms with Crippen LogP contribution < -0.4 is 5.56 Å². The summed E-state index contributed by atoms with van der Waals surface area (Å²) in [6.45, 7) is 6.49. The molecule has 0 aromatic carbocycles. The lowest BCUT2D eigenvalue weighted by Crippen LogP contribution is -2.38. The number of nitrogens with zero attached hydrogens (tertiary/aromatic N) is 4. The van der Waals surface area contributed by atoms with E-state index in [0.717, 1.165) is 41.4 Å². The number of H-pyrrole nitrogens is 1. The van der Waals surface area contributed by atoms with E-state index in [1.54, 1.807) is 6.07 Å². The van der Waals surface area contributed by atoms with Crippen LogP contribution in [-0.2, 0) is 6.42 Å². The SMILES string of the molecule is CCc1cc(=O)n2[nH]c([C@H]3CCCCN3C(=O)c3sc(C)nc3C)cc2n1. The van der Waals surface area contributed by atoms with Crippen molar-refractivity contribution in [2.45, 2.75) is 52.5 Å². The summed E-state index contributed by atoms with van der Waals surface area (Å²) in [5, 5.41) is 4.08. The van der Waals surface area contributed by atoms with E-state index in [1.807, 2.05) is 31.7 Å². The Kier molecular flexibility index (Phi) is 4.59. The maximum atomic E-state index is 13.2. The second kappa shape index (κ2) is 6.92. The molecule has 4 heterocycles. The van der Waals surface area contributed by atoms with Crippen LogP contribution in [0.5, 0.6) is 0 Å². The zero-order valence-electron chi connectivity index (χ0n) is 15.8. The minimum Gasteiger partial charge on any atom is -0.329 e. The van der Waals surface area contributed by atoms with Crippen LogP contribution in [0.15, 0.2) is 16.9 Å². The van der Waals surface area contributed by atoms with Gasteiger partial charge in [-0.2, -0.15) is 0 Å². The largest absolute Gasteiger partial charge is 0.329 e. The van der Waals surface area contributed by atoms with Crippen LogP contribution in [0.1, 0.15) is 64.0 Å². The van der Waals surface area contributed by atoms with Crippen molar-refractivity contribution in [2.24, 2.45) is 0 Å². The molecule has 142 valence electrons. The lowest BCUT2D eigenvalue weighted by Gasteiger charge is -2.34. The molecule has 3 aromatic heterocycles. The number of fused-ring (bicyclic) bond motifs is 1. The number of hydrogen-bond acceptors (Lipinski definition) is 5. The maximum absolute atomic E-state index is 13.2. The second-order valence-electron chi connectivity index (χ2n) is 7.00. The summed E-state index contributed by atoms with van der Waals surface area (Å²) in [5.74, 6) is 0.0241. The molecule has 0 bridgehead atoms. The molecule has 1 aliphatic heterocycles. The summed E-state index contributed by atoms with van der Waals surface area (Å²) in [4.78, 5) is 37.1. The molecule has 1 amide bonds. The number of amides is 1. The van der Waals surface area contributed by atoms with E-state index < -0.39 is 0 Å². The molecule has 1 fully saturated rings. The quantitative estimate of drug-likeness (QED) is 0.751. The van der Waals surface area contributed by atoms with E-state index in [-0.39, 0.29) is 17.5 Å². The summed E-state index contributed by atoms with van der Waals surface area (Å²) >= 11 is 1.45. The third kappa shape index (κ3) is 3.18. The van der Waals surface area contributed by atoms with Crippen molar-refractivity contribution in [3.05, 3.63) is 49.5 Å². The Bertz CT molecular complexity index is 1060. The van der Waals surface area contributed by atoms with Gasteiger partial charge in [0.2, 0.25) is 0 Å². The Balaban J connectivity index is 1.73. The van der Waals surface area contributed by atoms with Gasteiger partial charge in [0, 0.05) is 24.4 Å². The summed E-state index contributed by atoms with van der Waals surface area (Å²) in [6, 6.07) is 3.38. The highest BCUT2D eigenvalue weighted by atomic mass is 32.1. The summed E-state index contributed by atoms with van der Waals surface area (Å²) in [6.07, 6.45) is 3.61. The highest BCUT2D eigenvalue weighted by Gasteiger charge is 2.32. The smallest absolute Gasteiger partial charge is 0.272 e. The number of hydrogen-bond donors (Lipinski definition) is 1. The molecule has 27 heavy (non-hydrogen) atoms. The van der Waals surface area contributed by atoms with Crippen LogP contribution in [0.2, 0.25) is 0 Å². The van der Waals surface area contributed by atoms with E-state index >= 15 is 0 Å². The van der Waals surface area contributed by atoms with Crippen molar-refractivity contribution in [1.82, 2.24) is 24.5 Å². The van der Waals surface area contributed by atoms with E-state index in [4.69, 9.17) is 0 Å². The number of aromatic amines is 1. The zero-order chi connectivity index (χ0) is 19.1. The summed E-state index contributed by atoms with van der Waals surface area (Å²) < 4.78 is 1.47. The predicted octanol–water partition coefficient (Wildman–Crippen LogP) is 3.03. The number of carbonyl (C=O) groups is 1. The van der Waals surface area contributed by atoms with Gasteiger partial charge in [-0.3, -0.25) is 14.7 Å². The van der Waals surface area contributed by atoms with Crippen LogP contribution in [0.25, 0.3) is 5.65 Å². The first-order chi connectivity index (χ1) is 13.0. The molecular weight excluding hydrogens is 362 g/mol. The fraction of sp³-hybridized carbons (Fsp3) is 0.474. The molecule has 0 spiro atoms. The Morgan fingerprint density at radius 1 is 1.30 bits per heavy atom. The van der Waals surface area contributed by atoms with Gasteiger partial charge in [-0.15, -0.1) is 11.3 Å². The monoisotopic (exact) mass is 385 g/mol. The van der Waals surface area contributed by atoms with Crippen LogP contribution in [-0.4, -0.2) is 36.9 Å². The standard InChI is InChI=1S/C19H23N5O2S/c1-4-13-9-17(25)24-16(21-13)10-14(22-24)15-7-5-6-8-23(15)19(26)18-11(2)20-12(3)27-18/h9-10,15,22H,4-8H2,1-3H3/t15-/m1/s1. The third-order valence-electron chi connectivity index (χ3n) is 5.11. The molecule has 1 aliphatic rings. The van der Waals surface area contributed by atoms with E-state index in [0.29, 0.717) is 23.5 Å². The van der Waals surface area contributed by atoms with Crippen LogP contribution >= 0.6 is 11.3 Å².